The Morgan fingerprint density at radius 3 is 2.67 bits per heavy atom. The number of hydrogen-bond donors (Lipinski definition) is 2. The molecule has 0 fully saturated rings. The number of aromatic nitrogens is 2. The van der Waals surface area contributed by atoms with Gasteiger partial charge in [0.25, 0.3) is 0 Å². The first-order valence-electron chi connectivity index (χ1n) is 7.65. The van der Waals surface area contributed by atoms with Crippen molar-refractivity contribution in [2.75, 3.05) is 32.5 Å². The Bertz CT molecular complexity index is 669. The van der Waals surface area contributed by atoms with Gasteiger partial charge in [0.05, 0.1) is 6.42 Å². The lowest BCUT2D eigenvalue weighted by Gasteiger charge is -2.08. The molecule has 1 aromatic heterocycles. The lowest BCUT2D eigenvalue weighted by atomic mass is 10.3. The number of benzene rings is 1. The van der Waals surface area contributed by atoms with Crippen LogP contribution >= 0.6 is 0 Å². The second-order valence-corrected chi connectivity index (χ2v) is 5.52. The zero-order valence-electron chi connectivity index (χ0n) is 13.8. The van der Waals surface area contributed by atoms with Crippen LogP contribution in [-0.2, 0) is 11.2 Å². The van der Waals surface area contributed by atoms with Crippen LogP contribution in [0.1, 0.15) is 22.9 Å². The Labute approximate surface area is 140 Å². The molecule has 2 rings (SSSR count). The third-order valence-electron chi connectivity index (χ3n) is 3.11. The minimum Gasteiger partial charge on any atom is -0.348 e. The lowest BCUT2D eigenvalue weighted by Crippen LogP contribution is -2.27. The molecule has 8 nitrogen and oxygen atoms in total. The van der Waals surface area contributed by atoms with Crippen LogP contribution in [-0.4, -0.2) is 54.0 Å². The summed E-state index contributed by atoms with van der Waals surface area (Å²) in [6.45, 7) is 1.39. The summed E-state index contributed by atoms with van der Waals surface area (Å²) in [4.78, 5) is 29.7. The highest BCUT2D eigenvalue weighted by Crippen LogP contribution is 2.06. The van der Waals surface area contributed by atoms with Gasteiger partial charge in [-0.15, -0.1) is 0 Å². The fourth-order valence-corrected chi connectivity index (χ4v) is 1.96. The van der Waals surface area contributed by atoms with E-state index in [9.17, 15) is 9.59 Å². The molecule has 1 aromatic carbocycles. The summed E-state index contributed by atoms with van der Waals surface area (Å²) >= 11 is 0. The van der Waals surface area contributed by atoms with E-state index in [0.29, 0.717) is 12.2 Å². The molecule has 1 heterocycles. The number of amides is 2. The first kappa shape index (κ1) is 17.6. The quantitative estimate of drug-likeness (QED) is 0.698. The highest BCUT2D eigenvalue weighted by atomic mass is 16.5. The van der Waals surface area contributed by atoms with Crippen molar-refractivity contribution in [3.05, 3.63) is 42.0 Å². The van der Waals surface area contributed by atoms with Gasteiger partial charge >= 0.3 is 11.8 Å². The van der Waals surface area contributed by atoms with Crippen molar-refractivity contribution in [1.29, 1.82) is 0 Å². The van der Waals surface area contributed by atoms with Gasteiger partial charge in [-0.05, 0) is 39.2 Å². The van der Waals surface area contributed by atoms with E-state index in [2.05, 4.69) is 20.8 Å². The molecule has 0 aliphatic heterocycles. The third-order valence-corrected chi connectivity index (χ3v) is 3.11. The van der Waals surface area contributed by atoms with Crippen molar-refractivity contribution < 1.29 is 14.1 Å². The Kier molecular flexibility index (Phi) is 6.44. The van der Waals surface area contributed by atoms with E-state index in [1.54, 1.807) is 12.1 Å². The van der Waals surface area contributed by atoms with Crippen LogP contribution in [0, 0.1) is 0 Å². The Balaban J connectivity index is 1.79. The van der Waals surface area contributed by atoms with E-state index in [4.69, 9.17) is 4.52 Å². The van der Waals surface area contributed by atoms with Gasteiger partial charge in [0.2, 0.25) is 5.91 Å². The number of carbonyl (C=O) groups is 2. The van der Waals surface area contributed by atoms with E-state index in [1.807, 2.05) is 37.2 Å². The molecular weight excluding hydrogens is 310 g/mol. The smallest absolute Gasteiger partial charge is 0.315 e. The van der Waals surface area contributed by atoms with E-state index in [0.717, 1.165) is 13.0 Å². The molecule has 2 aromatic rings. The molecule has 0 aliphatic rings. The monoisotopic (exact) mass is 331 g/mol. The molecule has 24 heavy (non-hydrogen) atoms. The van der Waals surface area contributed by atoms with Crippen molar-refractivity contribution in [3.63, 3.8) is 0 Å². The fraction of sp³-hybridized carbons (Fsp3) is 0.375. The van der Waals surface area contributed by atoms with Gasteiger partial charge in [-0.25, -0.2) is 0 Å². The second kappa shape index (κ2) is 8.78. The van der Waals surface area contributed by atoms with Crippen molar-refractivity contribution in [2.45, 2.75) is 12.8 Å². The molecule has 0 saturated heterocycles. The van der Waals surface area contributed by atoms with Crippen LogP contribution in [0.3, 0.4) is 0 Å². The standard InChI is InChI=1S/C16H21N5O3/c1-21(2)10-6-9-17-15(23)16-19-13(20-24-16)11-14(22)18-12-7-4-3-5-8-12/h3-5,7-8H,6,9-11H2,1-2H3,(H,17,23)(H,18,22). The van der Waals surface area contributed by atoms with Crippen LogP contribution in [0.2, 0.25) is 0 Å². The highest BCUT2D eigenvalue weighted by molar-refractivity contribution is 5.92. The first-order chi connectivity index (χ1) is 11.5. The van der Waals surface area contributed by atoms with Gasteiger partial charge < -0.3 is 20.1 Å². The van der Waals surface area contributed by atoms with Crippen molar-refractivity contribution in [3.8, 4) is 0 Å². The zero-order chi connectivity index (χ0) is 17.4. The highest BCUT2D eigenvalue weighted by Gasteiger charge is 2.16. The summed E-state index contributed by atoms with van der Waals surface area (Å²) in [6, 6.07) is 9.06. The maximum atomic E-state index is 11.9. The minimum absolute atomic E-state index is 0.0632. The van der Waals surface area contributed by atoms with E-state index in [1.165, 1.54) is 0 Å². The predicted octanol–water partition coefficient (Wildman–Crippen LogP) is 0.932. The lowest BCUT2D eigenvalue weighted by molar-refractivity contribution is -0.115. The topological polar surface area (TPSA) is 100 Å². The summed E-state index contributed by atoms with van der Waals surface area (Å²) in [5, 5.41) is 9.07. The number of para-hydroxylation sites is 1. The Morgan fingerprint density at radius 2 is 1.96 bits per heavy atom. The van der Waals surface area contributed by atoms with Crippen molar-refractivity contribution in [2.24, 2.45) is 0 Å². The van der Waals surface area contributed by atoms with E-state index >= 15 is 0 Å². The molecule has 0 saturated carbocycles. The average molecular weight is 331 g/mol. The molecule has 0 spiro atoms. The molecule has 8 heteroatoms. The summed E-state index contributed by atoms with van der Waals surface area (Å²) in [5.41, 5.74) is 0.685. The van der Waals surface area contributed by atoms with Crippen LogP contribution in [0.25, 0.3) is 0 Å². The van der Waals surface area contributed by atoms with Gasteiger partial charge in [0.1, 0.15) is 0 Å². The maximum absolute atomic E-state index is 11.9. The van der Waals surface area contributed by atoms with Gasteiger partial charge in [-0.1, -0.05) is 23.4 Å². The Hall–Kier alpha value is -2.74. The number of nitrogens with zero attached hydrogens (tertiary/aromatic N) is 3. The zero-order valence-corrected chi connectivity index (χ0v) is 13.8. The molecule has 128 valence electrons. The Morgan fingerprint density at radius 1 is 1.21 bits per heavy atom. The summed E-state index contributed by atoms with van der Waals surface area (Å²) in [7, 11) is 3.93. The number of anilines is 1. The maximum Gasteiger partial charge on any atom is 0.315 e. The molecular formula is C16H21N5O3. The molecule has 2 amide bonds. The van der Waals surface area contributed by atoms with Crippen molar-refractivity contribution >= 4 is 17.5 Å². The van der Waals surface area contributed by atoms with Gasteiger partial charge in [-0.2, -0.15) is 4.98 Å². The number of carbonyl (C=O) groups excluding carboxylic acids is 2. The molecule has 0 radical (unpaired) electrons. The van der Waals surface area contributed by atoms with Gasteiger partial charge in [0, 0.05) is 12.2 Å². The van der Waals surface area contributed by atoms with Crippen molar-refractivity contribution in [1.82, 2.24) is 20.4 Å². The van der Waals surface area contributed by atoms with Gasteiger partial charge in [0.15, 0.2) is 5.82 Å². The minimum atomic E-state index is -0.434. The van der Waals surface area contributed by atoms with Gasteiger partial charge in [-0.3, -0.25) is 9.59 Å². The number of nitrogens with one attached hydrogen (secondary N) is 2. The summed E-state index contributed by atoms with van der Waals surface area (Å²) in [6.07, 6.45) is 0.755. The third kappa shape index (κ3) is 5.81. The number of hydrogen-bond acceptors (Lipinski definition) is 6. The second-order valence-electron chi connectivity index (χ2n) is 5.52. The SMILES string of the molecule is CN(C)CCCNC(=O)c1nc(CC(=O)Nc2ccccc2)no1. The van der Waals surface area contributed by atoms with E-state index in [-0.39, 0.29) is 24.0 Å². The average Bonchev–Trinajstić information content (AvgIpc) is 3.00. The largest absolute Gasteiger partial charge is 0.348 e. The molecule has 0 atom stereocenters. The van der Waals surface area contributed by atoms with Crippen LogP contribution in [0.4, 0.5) is 5.69 Å². The summed E-state index contributed by atoms with van der Waals surface area (Å²) < 4.78 is 4.89. The fourth-order valence-electron chi connectivity index (χ4n) is 1.96. The van der Waals surface area contributed by atoms with Crippen LogP contribution in [0.5, 0.6) is 0 Å². The van der Waals surface area contributed by atoms with Crippen LogP contribution in [0.15, 0.2) is 34.9 Å². The van der Waals surface area contributed by atoms with E-state index < -0.39 is 5.91 Å². The number of rotatable bonds is 8. The first-order valence-corrected chi connectivity index (χ1v) is 7.65. The van der Waals surface area contributed by atoms with Crippen LogP contribution < -0.4 is 10.6 Å². The molecule has 0 unspecified atom stereocenters. The summed E-state index contributed by atoms with van der Waals surface area (Å²) in [5.74, 6) is -0.680. The normalized spacial score (nSPS) is 10.6. The molecule has 0 bridgehead atoms. The molecule has 2 N–H and O–H groups in total. The predicted molar refractivity (Wildman–Crippen MR) is 88.6 cm³/mol. The molecule has 0 aliphatic carbocycles.